The Morgan fingerprint density at radius 3 is 0.750 bits per heavy atom. The molecule has 0 spiro atoms. The normalized spacial score (nSPS) is 0. The average molecular weight is 153 g/mol. The van der Waals surface area contributed by atoms with Gasteiger partial charge in [-0.15, -0.1) is 12.4 Å². The zero-order valence-electron chi connectivity index (χ0n) is 1.91. The topological polar surface area (TPSA) is 63.0 Å². The van der Waals surface area contributed by atoms with Crippen molar-refractivity contribution in [3.63, 3.8) is 0 Å². The van der Waals surface area contributed by atoms with Gasteiger partial charge in [0.15, 0.2) is 0 Å². The predicted molar refractivity (Wildman–Crippen MR) is 23.0 cm³/mol. The van der Waals surface area contributed by atoms with Crippen molar-refractivity contribution >= 4 is 29.5 Å². The molecule has 0 fully saturated rings. The molecule has 4 heteroatoms. The summed E-state index contributed by atoms with van der Waals surface area (Å²) in [7, 11) is 0. The molecule has 0 aliphatic heterocycles. The van der Waals surface area contributed by atoms with Gasteiger partial charge in [0.25, 0.3) is 0 Å². The second-order valence-corrected chi connectivity index (χ2v) is 0. The second-order valence-electron chi connectivity index (χ2n) is 0. The quantitative estimate of drug-likeness (QED) is 0.357. The third-order valence-electron chi connectivity index (χ3n) is 0. The molecule has 0 saturated carbocycles. The summed E-state index contributed by atoms with van der Waals surface area (Å²) in [6.07, 6.45) is 0. The van der Waals surface area contributed by atoms with Crippen LogP contribution >= 0.6 is 12.4 Å². The molecule has 0 atom stereocenters. The van der Waals surface area contributed by atoms with Crippen molar-refractivity contribution < 1.29 is 11.0 Å². The SMILES string of the molecule is Cl.O.O.[SeH2]. The summed E-state index contributed by atoms with van der Waals surface area (Å²) >= 11 is 0. The van der Waals surface area contributed by atoms with Crippen LogP contribution in [0.15, 0.2) is 0 Å². The first-order valence-electron chi connectivity index (χ1n) is 0. The van der Waals surface area contributed by atoms with Gasteiger partial charge in [0.2, 0.25) is 0 Å². The van der Waals surface area contributed by atoms with E-state index in [1.54, 1.807) is 0 Å². The molecular formula is H7ClO2Se. The molecule has 2 nitrogen and oxygen atoms in total. The van der Waals surface area contributed by atoms with Gasteiger partial charge in [-0.1, -0.05) is 0 Å². The third kappa shape index (κ3) is 15.3. The van der Waals surface area contributed by atoms with Gasteiger partial charge < -0.3 is 11.0 Å². The molecule has 0 aromatic carbocycles. The molecule has 0 unspecified atom stereocenters. The first kappa shape index (κ1) is 124. The van der Waals surface area contributed by atoms with Gasteiger partial charge in [0.05, 0.1) is 0 Å². The Balaban J connectivity index is 0. The van der Waals surface area contributed by atoms with Crippen molar-refractivity contribution in [2.24, 2.45) is 0 Å². The Hall–Kier alpha value is 0.729. The summed E-state index contributed by atoms with van der Waals surface area (Å²) in [6, 6.07) is 0. The van der Waals surface area contributed by atoms with Gasteiger partial charge in [-0.05, 0) is 0 Å². The minimum absolute atomic E-state index is 0. The maximum absolute atomic E-state index is 0. The fourth-order valence-corrected chi connectivity index (χ4v) is 0. The minimum atomic E-state index is 0. The zero-order valence-corrected chi connectivity index (χ0v) is 4.82. The van der Waals surface area contributed by atoms with Crippen LogP contribution in [0, 0.1) is 0 Å². The average Bonchev–Trinajstić information content (AvgIpc) is 0. The van der Waals surface area contributed by atoms with Crippen LogP contribution in [0.2, 0.25) is 0 Å². The molecule has 0 bridgehead atoms. The van der Waals surface area contributed by atoms with Crippen LogP contribution in [0.1, 0.15) is 0 Å². The standard InChI is InChI=1S/ClH.2H2O.H2Se/h1H;3*1H2. The van der Waals surface area contributed by atoms with E-state index in [0.717, 1.165) is 0 Å². The van der Waals surface area contributed by atoms with Crippen molar-refractivity contribution in [1.29, 1.82) is 0 Å². The Morgan fingerprint density at radius 2 is 0.750 bits per heavy atom. The zero-order chi connectivity index (χ0) is 0. The number of hydrogen-bond acceptors (Lipinski definition) is 0. The summed E-state index contributed by atoms with van der Waals surface area (Å²) < 4.78 is 0. The van der Waals surface area contributed by atoms with Crippen LogP contribution in [0.25, 0.3) is 0 Å². The van der Waals surface area contributed by atoms with Crippen LogP contribution in [0.5, 0.6) is 0 Å². The second kappa shape index (κ2) is 52.2. The summed E-state index contributed by atoms with van der Waals surface area (Å²) in [4.78, 5) is 0. The first-order valence-corrected chi connectivity index (χ1v) is 0. The van der Waals surface area contributed by atoms with Gasteiger partial charge in [-0.25, -0.2) is 0 Å². The van der Waals surface area contributed by atoms with E-state index in [-0.39, 0.29) is 40.4 Å². The van der Waals surface area contributed by atoms with E-state index in [2.05, 4.69) is 0 Å². The van der Waals surface area contributed by atoms with Crippen LogP contribution in [-0.2, 0) is 0 Å². The van der Waals surface area contributed by atoms with E-state index in [4.69, 9.17) is 0 Å². The fraction of sp³-hybridized carbons (Fsp3) is 0. The van der Waals surface area contributed by atoms with Gasteiger partial charge >= 0.3 is 17.1 Å². The van der Waals surface area contributed by atoms with Crippen molar-refractivity contribution in [2.45, 2.75) is 0 Å². The van der Waals surface area contributed by atoms with Crippen molar-refractivity contribution in [3.05, 3.63) is 0 Å². The van der Waals surface area contributed by atoms with E-state index in [0.29, 0.717) is 0 Å². The maximum atomic E-state index is 0. The molecule has 0 aliphatic carbocycles. The Morgan fingerprint density at radius 1 is 0.750 bits per heavy atom. The third-order valence-corrected chi connectivity index (χ3v) is 0. The van der Waals surface area contributed by atoms with Crippen LogP contribution in [-0.4, -0.2) is 28.0 Å². The van der Waals surface area contributed by atoms with E-state index in [1.807, 2.05) is 0 Å². The first-order chi connectivity index (χ1) is 0. The molecule has 4 heavy (non-hydrogen) atoms. The van der Waals surface area contributed by atoms with Crippen LogP contribution in [0.4, 0.5) is 0 Å². The molecule has 32 valence electrons. The number of rotatable bonds is 0. The van der Waals surface area contributed by atoms with Crippen molar-refractivity contribution in [2.75, 3.05) is 0 Å². The van der Waals surface area contributed by atoms with Crippen molar-refractivity contribution in [3.8, 4) is 0 Å². The Bertz CT molecular complexity index is 6.00. The van der Waals surface area contributed by atoms with Gasteiger partial charge in [-0.2, -0.15) is 0 Å². The molecule has 4 N–H and O–H groups in total. The van der Waals surface area contributed by atoms with Gasteiger partial charge in [-0.3, -0.25) is 0 Å². The van der Waals surface area contributed by atoms with Crippen molar-refractivity contribution in [1.82, 2.24) is 0 Å². The molecule has 0 aliphatic rings. The molecule has 0 saturated heterocycles. The van der Waals surface area contributed by atoms with E-state index in [9.17, 15) is 0 Å². The van der Waals surface area contributed by atoms with E-state index >= 15 is 0 Å². The summed E-state index contributed by atoms with van der Waals surface area (Å²) in [5.41, 5.74) is 0. The number of halogens is 1. The van der Waals surface area contributed by atoms with Crippen LogP contribution < -0.4 is 0 Å². The molecule has 0 amide bonds. The van der Waals surface area contributed by atoms with E-state index in [1.165, 1.54) is 0 Å². The Labute approximate surface area is 41.1 Å². The van der Waals surface area contributed by atoms with Gasteiger partial charge in [0.1, 0.15) is 0 Å². The molecular weight excluding hydrogens is 146 g/mol. The monoisotopic (exact) mass is 154 g/mol. The molecule has 0 aromatic heterocycles. The van der Waals surface area contributed by atoms with Gasteiger partial charge in [0, 0.05) is 0 Å². The fourth-order valence-electron chi connectivity index (χ4n) is 0. The number of hydrogen-bond donors (Lipinski definition) is 0. The molecule has 0 radical (unpaired) electrons. The molecule has 0 aromatic rings. The summed E-state index contributed by atoms with van der Waals surface area (Å²) in [5, 5.41) is 0. The van der Waals surface area contributed by atoms with E-state index < -0.39 is 0 Å². The van der Waals surface area contributed by atoms with Crippen LogP contribution in [0.3, 0.4) is 0 Å². The summed E-state index contributed by atoms with van der Waals surface area (Å²) in [6.45, 7) is 0. The summed E-state index contributed by atoms with van der Waals surface area (Å²) in [5.74, 6) is 0. The Kier molecular flexibility index (Phi) is 1610. The predicted octanol–water partition coefficient (Wildman–Crippen LogP) is -2.14. The molecule has 0 heterocycles. The molecule has 0 rings (SSSR count).